The second-order valence-electron chi connectivity index (χ2n) is 6.82. The van der Waals surface area contributed by atoms with E-state index in [9.17, 15) is 18.0 Å². The van der Waals surface area contributed by atoms with E-state index >= 15 is 0 Å². The van der Waals surface area contributed by atoms with Crippen molar-refractivity contribution in [1.82, 2.24) is 10.0 Å². The van der Waals surface area contributed by atoms with Crippen molar-refractivity contribution < 1.29 is 27.5 Å². The van der Waals surface area contributed by atoms with Crippen molar-refractivity contribution in [3.63, 3.8) is 0 Å². The summed E-state index contributed by atoms with van der Waals surface area (Å²) < 4.78 is 37.4. The smallest absolute Gasteiger partial charge is 0.324 e. The van der Waals surface area contributed by atoms with Gasteiger partial charge >= 0.3 is 5.97 Å². The maximum absolute atomic E-state index is 12.5. The zero-order valence-corrected chi connectivity index (χ0v) is 17.1. The SMILES string of the molecule is COc1ccc(S(=O)(=O)N[C@H](C(=O)OCC(=O)NCC(C)C)C(C)C)cc1. The number of nitrogens with one attached hydrogen (secondary N) is 2. The molecule has 152 valence electrons. The lowest BCUT2D eigenvalue weighted by molar-refractivity contribution is -0.151. The molecule has 0 saturated heterocycles. The lowest BCUT2D eigenvalue weighted by Crippen LogP contribution is -2.46. The number of rotatable bonds is 10. The normalized spacial score (nSPS) is 12.7. The van der Waals surface area contributed by atoms with E-state index in [2.05, 4.69) is 10.0 Å². The standard InChI is InChI=1S/C18H28N2O6S/c1-12(2)10-19-16(21)11-26-18(22)17(13(3)4)20-27(23,24)15-8-6-14(25-5)7-9-15/h6-9,12-13,17,20H,10-11H2,1-5H3,(H,19,21)/t17-/m0/s1. The summed E-state index contributed by atoms with van der Waals surface area (Å²) in [6.07, 6.45) is 0. The summed E-state index contributed by atoms with van der Waals surface area (Å²) in [5, 5.41) is 2.62. The van der Waals surface area contributed by atoms with Crippen molar-refractivity contribution in [2.75, 3.05) is 20.3 Å². The van der Waals surface area contributed by atoms with Crippen LogP contribution < -0.4 is 14.8 Å². The minimum Gasteiger partial charge on any atom is -0.497 e. The van der Waals surface area contributed by atoms with E-state index < -0.39 is 34.5 Å². The van der Waals surface area contributed by atoms with E-state index in [4.69, 9.17) is 9.47 Å². The van der Waals surface area contributed by atoms with Crippen molar-refractivity contribution in [2.45, 2.75) is 38.6 Å². The molecule has 0 spiro atoms. The predicted octanol–water partition coefficient (Wildman–Crippen LogP) is 1.31. The highest BCUT2D eigenvalue weighted by Crippen LogP contribution is 2.17. The number of esters is 1. The number of carbonyl (C=O) groups excluding carboxylic acids is 2. The number of ether oxygens (including phenoxy) is 2. The van der Waals surface area contributed by atoms with Gasteiger partial charge < -0.3 is 14.8 Å². The van der Waals surface area contributed by atoms with Crippen LogP contribution in [0.4, 0.5) is 0 Å². The van der Waals surface area contributed by atoms with Crippen molar-refractivity contribution in [1.29, 1.82) is 0 Å². The first-order valence-corrected chi connectivity index (χ1v) is 10.1. The van der Waals surface area contributed by atoms with Crippen LogP contribution in [0.5, 0.6) is 5.75 Å². The molecule has 0 aliphatic heterocycles. The molecule has 1 atom stereocenters. The van der Waals surface area contributed by atoms with E-state index in [1.165, 1.54) is 31.4 Å². The van der Waals surface area contributed by atoms with Crippen molar-refractivity contribution in [3.8, 4) is 5.75 Å². The average Bonchev–Trinajstić information content (AvgIpc) is 2.62. The number of hydrogen-bond donors (Lipinski definition) is 2. The molecule has 0 aliphatic rings. The number of carbonyl (C=O) groups is 2. The molecular formula is C18H28N2O6S. The summed E-state index contributed by atoms with van der Waals surface area (Å²) in [7, 11) is -2.47. The van der Waals surface area contributed by atoms with Crippen LogP contribution in [0, 0.1) is 11.8 Å². The first-order valence-electron chi connectivity index (χ1n) is 8.66. The Hall–Kier alpha value is -2.13. The predicted molar refractivity (Wildman–Crippen MR) is 101 cm³/mol. The molecule has 8 nitrogen and oxygen atoms in total. The maximum atomic E-state index is 12.5. The van der Waals surface area contributed by atoms with Gasteiger partial charge in [0.25, 0.3) is 5.91 Å². The molecule has 0 fully saturated rings. The van der Waals surface area contributed by atoms with Gasteiger partial charge in [-0.05, 0) is 36.1 Å². The van der Waals surface area contributed by atoms with Crippen molar-refractivity contribution >= 4 is 21.9 Å². The van der Waals surface area contributed by atoms with Crippen LogP contribution in [-0.2, 0) is 24.3 Å². The van der Waals surface area contributed by atoms with Gasteiger partial charge in [-0.25, -0.2) is 8.42 Å². The van der Waals surface area contributed by atoms with E-state index in [-0.39, 0.29) is 16.7 Å². The molecule has 1 aromatic carbocycles. The summed E-state index contributed by atoms with van der Waals surface area (Å²) in [6, 6.07) is 4.66. The molecule has 0 saturated carbocycles. The third-order valence-corrected chi connectivity index (χ3v) is 5.08. The van der Waals surface area contributed by atoms with Gasteiger partial charge in [0, 0.05) is 6.54 Å². The monoisotopic (exact) mass is 400 g/mol. The van der Waals surface area contributed by atoms with Gasteiger partial charge in [0.2, 0.25) is 10.0 Å². The highest BCUT2D eigenvalue weighted by Gasteiger charge is 2.30. The second-order valence-corrected chi connectivity index (χ2v) is 8.54. The number of hydrogen-bond acceptors (Lipinski definition) is 6. The van der Waals surface area contributed by atoms with Crippen molar-refractivity contribution in [3.05, 3.63) is 24.3 Å². The van der Waals surface area contributed by atoms with Gasteiger partial charge in [-0.3, -0.25) is 9.59 Å². The van der Waals surface area contributed by atoms with Crippen LogP contribution in [-0.4, -0.2) is 46.6 Å². The van der Waals surface area contributed by atoms with Crippen LogP contribution in [0.15, 0.2) is 29.2 Å². The highest BCUT2D eigenvalue weighted by atomic mass is 32.2. The van der Waals surface area contributed by atoms with Gasteiger partial charge in [-0.2, -0.15) is 4.72 Å². The Morgan fingerprint density at radius 1 is 1.07 bits per heavy atom. The molecule has 0 unspecified atom stereocenters. The number of sulfonamides is 1. The molecule has 0 bridgehead atoms. The van der Waals surface area contributed by atoms with Gasteiger partial charge in [0.05, 0.1) is 12.0 Å². The number of amides is 1. The number of benzene rings is 1. The van der Waals surface area contributed by atoms with E-state index in [1.807, 2.05) is 13.8 Å². The first-order chi connectivity index (χ1) is 12.6. The molecule has 1 rings (SSSR count). The van der Waals surface area contributed by atoms with E-state index in [0.29, 0.717) is 12.3 Å². The minimum atomic E-state index is -3.94. The minimum absolute atomic E-state index is 0.00331. The quantitative estimate of drug-likeness (QED) is 0.573. The topological polar surface area (TPSA) is 111 Å². The summed E-state index contributed by atoms with van der Waals surface area (Å²) >= 11 is 0. The van der Waals surface area contributed by atoms with Crippen LogP contribution in [0.3, 0.4) is 0 Å². The molecule has 9 heteroatoms. The van der Waals surface area contributed by atoms with Crippen LogP contribution in [0.2, 0.25) is 0 Å². The number of methoxy groups -OCH3 is 1. The Bertz CT molecular complexity index is 729. The average molecular weight is 400 g/mol. The molecule has 1 aromatic rings. The fourth-order valence-corrected chi connectivity index (χ4v) is 3.38. The molecule has 0 aromatic heterocycles. The molecule has 0 heterocycles. The first kappa shape index (κ1) is 22.9. The largest absolute Gasteiger partial charge is 0.497 e. The molecule has 0 radical (unpaired) electrons. The maximum Gasteiger partial charge on any atom is 0.324 e. The Morgan fingerprint density at radius 2 is 1.67 bits per heavy atom. The van der Waals surface area contributed by atoms with Gasteiger partial charge in [-0.15, -0.1) is 0 Å². The molecule has 27 heavy (non-hydrogen) atoms. The molecule has 0 aliphatic carbocycles. The lowest BCUT2D eigenvalue weighted by Gasteiger charge is -2.21. The fraction of sp³-hybridized carbons (Fsp3) is 0.556. The van der Waals surface area contributed by atoms with E-state index in [0.717, 1.165) is 0 Å². The summed E-state index contributed by atoms with van der Waals surface area (Å²) in [4.78, 5) is 24.0. The van der Waals surface area contributed by atoms with Crippen molar-refractivity contribution in [2.24, 2.45) is 11.8 Å². The third kappa shape index (κ3) is 7.56. The summed E-state index contributed by atoms with van der Waals surface area (Å²) in [5.74, 6) is -0.825. The molecule has 2 N–H and O–H groups in total. The highest BCUT2D eigenvalue weighted by molar-refractivity contribution is 7.89. The Kier molecular flexibility index (Phi) is 8.71. The van der Waals surface area contributed by atoms with Crippen LogP contribution >= 0.6 is 0 Å². The summed E-state index contributed by atoms with van der Waals surface area (Å²) in [5.41, 5.74) is 0. The Morgan fingerprint density at radius 3 is 2.15 bits per heavy atom. The third-order valence-electron chi connectivity index (χ3n) is 3.63. The Labute approximate surface area is 160 Å². The second kappa shape index (κ2) is 10.3. The van der Waals surface area contributed by atoms with Gasteiger partial charge in [0.1, 0.15) is 11.8 Å². The molecular weight excluding hydrogens is 372 g/mol. The summed E-state index contributed by atoms with van der Waals surface area (Å²) in [6.45, 7) is 7.25. The molecule has 1 amide bonds. The fourth-order valence-electron chi connectivity index (χ4n) is 2.04. The Balaban J connectivity index is 2.76. The lowest BCUT2D eigenvalue weighted by atomic mass is 10.1. The zero-order valence-electron chi connectivity index (χ0n) is 16.3. The van der Waals surface area contributed by atoms with Crippen LogP contribution in [0.25, 0.3) is 0 Å². The zero-order chi connectivity index (χ0) is 20.6. The van der Waals surface area contributed by atoms with Gasteiger partial charge in [-0.1, -0.05) is 27.7 Å². The van der Waals surface area contributed by atoms with Crippen LogP contribution in [0.1, 0.15) is 27.7 Å². The van der Waals surface area contributed by atoms with Gasteiger partial charge in [0.15, 0.2) is 6.61 Å². The van der Waals surface area contributed by atoms with E-state index in [1.54, 1.807) is 13.8 Å².